The molecule has 0 aliphatic heterocycles. The summed E-state index contributed by atoms with van der Waals surface area (Å²) in [5.41, 5.74) is 5.07. The van der Waals surface area contributed by atoms with Crippen molar-refractivity contribution in [1.82, 2.24) is 4.98 Å². The average molecular weight is 256 g/mol. The van der Waals surface area contributed by atoms with E-state index < -0.39 is 0 Å². The van der Waals surface area contributed by atoms with E-state index in [1.165, 1.54) is 5.56 Å². The number of nitrogens with one attached hydrogen (secondary N) is 1. The Morgan fingerprint density at radius 1 is 1.16 bits per heavy atom. The number of H-pyrrole nitrogens is 1. The summed E-state index contributed by atoms with van der Waals surface area (Å²) in [4.78, 5) is 16.8. The van der Waals surface area contributed by atoms with Crippen molar-refractivity contribution in [2.75, 3.05) is 19.0 Å². The first-order valence-corrected chi connectivity index (χ1v) is 6.53. The molecular formula is C16H20N2O. The quantitative estimate of drug-likeness (QED) is 0.916. The zero-order valence-electron chi connectivity index (χ0n) is 11.9. The van der Waals surface area contributed by atoms with E-state index in [9.17, 15) is 4.79 Å². The van der Waals surface area contributed by atoms with Gasteiger partial charge in [0.25, 0.3) is 5.56 Å². The lowest BCUT2D eigenvalue weighted by atomic mass is 10.0. The van der Waals surface area contributed by atoms with Gasteiger partial charge in [0.1, 0.15) is 0 Å². The molecule has 19 heavy (non-hydrogen) atoms. The van der Waals surface area contributed by atoms with Crippen molar-refractivity contribution in [3.8, 4) is 11.3 Å². The summed E-state index contributed by atoms with van der Waals surface area (Å²) in [7, 11) is 4.03. The van der Waals surface area contributed by atoms with Crippen molar-refractivity contribution >= 4 is 5.69 Å². The minimum absolute atomic E-state index is 0.0103. The molecule has 0 amide bonds. The molecule has 0 bridgehead atoms. The smallest absolute Gasteiger partial charge is 0.251 e. The van der Waals surface area contributed by atoms with E-state index >= 15 is 0 Å². The second-order valence-corrected chi connectivity index (χ2v) is 4.98. The third-order valence-corrected chi connectivity index (χ3v) is 3.36. The van der Waals surface area contributed by atoms with Crippen molar-refractivity contribution in [1.29, 1.82) is 0 Å². The van der Waals surface area contributed by atoms with Gasteiger partial charge in [-0.15, -0.1) is 0 Å². The van der Waals surface area contributed by atoms with Crippen LogP contribution in [-0.4, -0.2) is 19.1 Å². The molecule has 0 fully saturated rings. The van der Waals surface area contributed by atoms with Crippen LogP contribution in [0, 0.1) is 6.92 Å². The summed E-state index contributed by atoms with van der Waals surface area (Å²) < 4.78 is 0. The van der Waals surface area contributed by atoms with Crippen LogP contribution < -0.4 is 10.5 Å². The maximum atomic E-state index is 11.8. The van der Waals surface area contributed by atoms with Gasteiger partial charge in [-0.25, -0.2) is 0 Å². The predicted molar refractivity (Wildman–Crippen MR) is 80.9 cm³/mol. The minimum atomic E-state index is -0.0103. The van der Waals surface area contributed by atoms with Crippen molar-refractivity contribution in [3.05, 3.63) is 51.8 Å². The highest BCUT2D eigenvalue weighted by Crippen LogP contribution is 2.23. The van der Waals surface area contributed by atoms with E-state index in [1.54, 1.807) is 0 Å². The summed E-state index contributed by atoms with van der Waals surface area (Å²) in [5, 5.41) is 0. The van der Waals surface area contributed by atoms with Crippen molar-refractivity contribution in [2.24, 2.45) is 0 Å². The highest BCUT2D eigenvalue weighted by atomic mass is 16.1. The second-order valence-electron chi connectivity index (χ2n) is 4.98. The Kier molecular flexibility index (Phi) is 3.74. The highest BCUT2D eigenvalue weighted by molar-refractivity contribution is 5.66. The fraction of sp³-hybridized carbons (Fsp3) is 0.312. The van der Waals surface area contributed by atoms with Gasteiger partial charge in [-0.3, -0.25) is 4.79 Å². The molecule has 0 saturated carbocycles. The van der Waals surface area contributed by atoms with Gasteiger partial charge in [-0.2, -0.15) is 0 Å². The largest absolute Gasteiger partial charge is 0.378 e. The van der Waals surface area contributed by atoms with E-state index in [-0.39, 0.29) is 5.56 Å². The van der Waals surface area contributed by atoms with Gasteiger partial charge in [0.05, 0.1) is 5.69 Å². The Balaban J connectivity index is 2.52. The number of pyridine rings is 1. The van der Waals surface area contributed by atoms with E-state index in [4.69, 9.17) is 0 Å². The second kappa shape index (κ2) is 5.31. The molecule has 1 N–H and O–H groups in total. The SMILES string of the molecule is CCc1cc(C)c(=O)[nH]c1-c1ccc(N(C)C)cc1. The minimum Gasteiger partial charge on any atom is -0.378 e. The zero-order chi connectivity index (χ0) is 14.0. The number of aryl methyl sites for hydroxylation is 2. The zero-order valence-corrected chi connectivity index (χ0v) is 11.9. The van der Waals surface area contributed by atoms with Gasteiger partial charge in [0.2, 0.25) is 0 Å². The summed E-state index contributed by atoms with van der Waals surface area (Å²) >= 11 is 0. The Hall–Kier alpha value is -2.03. The normalized spacial score (nSPS) is 10.5. The molecule has 100 valence electrons. The molecule has 0 unspecified atom stereocenters. The molecule has 3 nitrogen and oxygen atoms in total. The molecule has 1 aromatic heterocycles. The van der Waals surface area contributed by atoms with Gasteiger partial charge in [-0.1, -0.05) is 19.1 Å². The molecule has 0 spiro atoms. The van der Waals surface area contributed by atoms with Crippen LogP contribution in [0.5, 0.6) is 0 Å². The summed E-state index contributed by atoms with van der Waals surface area (Å²) in [6.45, 7) is 3.95. The first-order chi connectivity index (χ1) is 9.02. The standard InChI is InChI=1S/C16H20N2O/c1-5-12-10-11(2)16(19)17-15(12)13-6-8-14(9-7-13)18(3)4/h6-10H,5H2,1-4H3,(H,17,19). The van der Waals surface area contributed by atoms with Crippen LogP contribution in [0.15, 0.2) is 35.1 Å². The van der Waals surface area contributed by atoms with Crippen LogP contribution in [0.2, 0.25) is 0 Å². The maximum Gasteiger partial charge on any atom is 0.251 e. The summed E-state index contributed by atoms with van der Waals surface area (Å²) in [6, 6.07) is 10.2. The number of anilines is 1. The van der Waals surface area contributed by atoms with Crippen molar-refractivity contribution < 1.29 is 0 Å². The lowest BCUT2D eigenvalue weighted by Crippen LogP contribution is -2.12. The third-order valence-electron chi connectivity index (χ3n) is 3.36. The molecule has 2 rings (SSSR count). The van der Waals surface area contributed by atoms with Crippen LogP contribution in [0.4, 0.5) is 5.69 Å². The number of hydrogen-bond acceptors (Lipinski definition) is 2. The molecule has 2 aromatic rings. The number of nitrogens with zero attached hydrogens (tertiary/aromatic N) is 1. The molecule has 1 aromatic carbocycles. The van der Waals surface area contributed by atoms with Crippen molar-refractivity contribution in [3.63, 3.8) is 0 Å². The lowest BCUT2D eigenvalue weighted by molar-refractivity contribution is 1.07. The van der Waals surface area contributed by atoms with Crippen LogP contribution in [0.25, 0.3) is 11.3 Å². The third kappa shape index (κ3) is 2.70. The molecule has 0 aliphatic rings. The molecule has 3 heteroatoms. The first-order valence-electron chi connectivity index (χ1n) is 6.53. The Labute approximate surface area is 113 Å². The first kappa shape index (κ1) is 13.4. The number of rotatable bonds is 3. The average Bonchev–Trinajstić information content (AvgIpc) is 2.41. The highest BCUT2D eigenvalue weighted by Gasteiger charge is 2.07. The topological polar surface area (TPSA) is 36.1 Å². The summed E-state index contributed by atoms with van der Waals surface area (Å²) in [6.07, 6.45) is 0.905. The molecule has 0 saturated heterocycles. The van der Waals surface area contributed by atoms with Gasteiger partial charge >= 0.3 is 0 Å². The van der Waals surface area contributed by atoms with Crippen molar-refractivity contribution in [2.45, 2.75) is 20.3 Å². The Morgan fingerprint density at radius 2 is 1.79 bits per heavy atom. The van der Waals surface area contributed by atoms with Gasteiger partial charge in [0, 0.05) is 25.3 Å². The van der Waals surface area contributed by atoms with Crippen LogP contribution >= 0.6 is 0 Å². The lowest BCUT2D eigenvalue weighted by Gasteiger charge is -2.14. The monoisotopic (exact) mass is 256 g/mol. The summed E-state index contributed by atoms with van der Waals surface area (Å²) in [5.74, 6) is 0. The van der Waals surface area contributed by atoms with Crippen LogP contribution in [0.1, 0.15) is 18.1 Å². The molecular weight excluding hydrogens is 236 g/mol. The number of aromatic nitrogens is 1. The van der Waals surface area contributed by atoms with Crippen LogP contribution in [0.3, 0.4) is 0 Å². The predicted octanol–water partition coefficient (Wildman–Crippen LogP) is 2.98. The number of benzene rings is 1. The van der Waals surface area contributed by atoms with Gasteiger partial charge in [0.15, 0.2) is 0 Å². The Morgan fingerprint density at radius 3 is 2.32 bits per heavy atom. The maximum absolute atomic E-state index is 11.8. The van der Waals surface area contributed by atoms with Gasteiger partial charge in [-0.05, 0) is 42.7 Å². The van der Waals surface area contributed by atoms with Gasteiger partial charge < -0.3 is 9.88 Å². The van der Waals surface area contributed by atoms with E-state index in [2.05, 4.69) is 41.1 Å². The molecule has 0 atom stereocenters. The van der Waals surface area contributed by atoms with E-state index in [1.807, 2.05) is 27.1 Å². The van der Waals surface area contributed by atoms with E-state index in [0.717, 1.165) is 28.9 Å². The molecule has 0 radical (unpaired) electrons. The number of hydrogen-bond donors (Lipinski definition) is 1. The Bertz CT molecular complexity index is 624. The molecule has 1 heterocycles. The van der Waals surface area contributed by atoms with Crippen LogP contribution in [-0.2, 0) is 6.42 Å². The molecule has 0 aliphatic carbocycles. The van der Waals surface area contributed by atoms with E-state index in [0.29, 0.717) is 0 Å². The number of aromatic amines is 1. The fourth-order valence-electron chi connectivity index (χ4n) is 2.15. The fourth-order valence-corrected chi connectivity index (χ4v) is 2.15.